The summed E-state index contributed by atoms with van der Waals surface area (Å²) in [5.74, 6) is -0.642. The lowest BCUT2D eigenvalue weighted by Gasteiger charge is -2.04. The Bertz CT molecular complexity index is 827. The molecular weight excluding hydrogens is 295 g/mol. The van der Waals surface area contributed by atoms with E-state index < -0.39 is 0 Å². The monoisotopic (exact) mass is 310 g/mol. The fraction of sp³-hybridized carbons (Fsp3) is 0.118. The average molecular weight is 310 g/mol. The zero-order valence-corrected chi connectivity index (χ0v) is 12.5. The topological polar surface area (TPSA) is 59.8 Å². The number of hydrogen-bond acceptors (Lipinski definition) is 3. The standard InChI is InChI=1S/C17H15FN4O/c1-12-5-6-13(10-19-12)11-20-17(23)16-7-8-22(21-16)15-4-2-3-14(18)9-15/h2-10H,11H2,1H3,(H,20,23). The second-order valence-corrected chi connectivity index (χ2v) is 5.12. The van der Waals surface area contributed by atoms with Crippen LogP contribution in [0.1, 0.15) is 21.7 Å². The van der Waals surface area contributed by atoms with Crippen LogP contribution in [-0.4, -0.2) is 20.7 Å². The molecule has 0 fully saturated rings. The van der Waals surface area contributed by atoms with E-state index in [1.807, 2.05) is 19.1 Å². The van der Waals surface area contributed by atoms with Crippen LogP contribution in [0.4, 0.5) is 4.39 Å². The number of carbonyl (C=O) groups is 1. The molecule has 0 aliphatic rings. The minimum absolute atomic E-state index is 0.273. The van der Waals surface area contributed by atoms with Gasteiger partial charge in [0.25, 0.3) is 5.91 Å². The molecule has 2 aromatic heterocycles. The SMILES string of the molecule is Cc1ccc(CNC(=O)c2ccn(-c3cccc(F)c3)n2)cn1. The van der Waals surface area contributed by atoms with Gasteiger partial charge in [-0.05, 0) is 42.8 Å². The third-order valence-corrected chi connectivity index (χ3v) is 3.32. The minimum atomic E-state index is -0.351. The summed E-state index contributed by atoms with van der Waals surface area (Å²) < 4.78 is 14.7. The van der Waals surface area contributed by atoms with Gasteiger partial charge in [0, 0.05) is 24.6 Å². The van der Waals surface area contributed by atoms with Crippen LogP contribution in [0.25, 0.3) is 5.69 Å². The lowest BCUT2D eigenvalue weighted by Crippen LogP contribution is -2.23. The Morgan fingerprint density at radius 3 is 2.87 bits per heavy atom. The van der Waals surface area contributed by atoms with Crippen molar-refractivity contribution < 1.29 is 9.18 Å². The first kappa shape index (κ1) is 14.9. The highest BCUT2D eigenvalue weighted by Gasteiger charge is 2.10. The van der Waals surface area contributed by atoms with Gasteiger partial charge >= 0.3 is 0 Å². The lowest BCUT2D eigenvalue weighted by atomic mass is 10.2. The van der Waals surface area contributed by atoms with E-state index in [0.717, 1.165) is 11.3 Å². The van der Waals surface area contributed by atoms with Gasteiger partial charge in [0.2, 0.25) is 0 Å². The van der Waals surface area contributed by atoms with Crippen LogP contribution >= 0.6 is 0 Å². The van der Waals surface area contributed by atoms with E-state index in [0.29, 0.717) is 12.2 Å². The Balaban J connectivity index is 1.67. The average Bonchev–Trinajstić information content (AvgIpc) is 3.04. The van der Waals surface area contributed by atoms with E-state index in [-0.39, 0.29) is 17.4 Å². The summed E-state index contributed by atoms with van der Waals surface area (Å²) >= 11 is 0. The molecule has 0 aliphatic carbocycles. The molecule has 0 spiro atoms. The van der Waals surface area contributed by atoms with Gasteiger partial charge in [-0.3, -0.25) is 9.78 Å². The number of nitrogens with zero attached hydrogens (tertiary/aromatic N) is 3. The second kappa shape index (κ2) is 6.39. The predicted octanol–water partition coefficient (Wildman–Crippen LogP) is 2.64. The van der Waals surface area contributed by atoms with Gasteiger partial charge in [0.05, 0.1) is 5.69 Å². The minimum Gasteiger partial charge on any atom is -0.347 e. The zero-order valence-electron chi connectivity index (χ0n) is 12.5. The third kappa shape index (κ3) is 3.60. The van der Waals surface area contributed by atoms with Crippen molar-refractivity contribution in [3.05, 3.63) is 77.6 Å². The lowest BCUT2D eigenvalue weighted by molar-refractivity contribution is 0.0945. The number of amides is 1. The molecule has 0 radical (unpaired) electrons. The molecule has 1 N–H and O–H groups in total. The number of aromatic nitrogens is 3. The van der Waals surface area contributed by atoms with E-state index in [4.69, 9.17) is 0 Å². The molecule has 1 aromatic carbocycles. The molecule has 1 amide bonds. The summed E-state index contributed by atoms with van der Waals surface area (Å²) in [5.41, 5.74) is 2.67. The molecule has 6 heteroatoms. The van der Waals surface area contributed by atoms with E-state index >= 15 is 0 Å². The van der Waals surface area contributed by atoms with Crippen LogP contribution in [0.3, 0.4) is 0 Å². The smallest absolute Gasteiger partial charge is 0.272 e. The fourth-order valence-electron chi connectivity index (χ4n) is 2.08. The number of halogens is 1. The maximum Gasteiger partial charge on any atom is 0.272 e. The van der Waals surface area contributed by atoms with E-state index in [1.54, 1.807) is 30.6 Å². The Morgan fingerprint density at radius 1 is 1.26 bits per heavy atom. The van der Waals surface area contributed by atoms with E-state index in [2.05, 4.69) is 15.4 Å². The normalized spacial score (nSPS) is 10.5. The summed E-state index contributed by atoms with van der Waals surface area (Å²) in [7, 11) is 0. The van der Waals surface area contributed by atoms with Crippen molar-refractivity contribution in [2.24, 2.45) is 0 Å². The van der Waals surface area contributed by atoms with Crippen LogP contribution in [-0.2, 0) is 6.54 Å². The number of nitrogens with one attached hydrogen (secondary N) is 1. The molecule has 0 saturated carbocycles. The molecule has 116 valence electrons. The molecule has 0 aliphatic heterocycles. The highest BCUT2D eigenvalue weighted by molar-refractivity contribution is 5.92. The summed E-state index contributed by atoms with van der Waals surface area (Å²) in [4.78, 5) is 16.3. The number of pyridine rings is 1. The Kier molecular flexibility index (Phi) is 4.14. The number of benzene rings is 1. The predicted molar refractivity (Wildman–Crippen MR) is 83.7 cm³/mol. The number of carbonyl (C=O) groups excluding carboxylic acids is 1. The number of aryl methyl sites for hydroxylation is 1. The van der Waals surface area contributed by atoms with Crippen LogP contribution in [0.2, 0.25) is 0 Å². The van der Waals surface area contributed by atoms with Gasteiger partial charge in [-0.25, -0.2) is 9.07 Å². The molecule has 5 nitrogen and oxygen atoms in total. The molecule has 3 aromatic rings. The highest BCUT2D eigenvalue weighted by atomic mass is 19.1. The molecular formula is C17H15FN4O. The molecule has 3 rings (SSSR count). The van der Waals surface area contributed by atoms with Crippen LogP contribution < -0.4 is 5.32 Å². The first-order valence-electron chi connectivity index (χ1n) is 7.13. The Morgan fingerprint density at radius 2 is 2.13 bits per heavy atom. The van der Waals surface area contributed by atoms with Gasteiger partial charge in [-0.2, -0.15) is 5.10 Å². The number of hydrogen-bond donors (Lipinski definition) is 1. The molecule has 0 bridgehead atoms. The Hall–Kier alpha value is -3.02. The van der Waals surface area contributed by atoms with Crippen molar-refractivity contribution in [1.82, 2.24) is 20.1 Å². The third-order valence-electron chi connectivity index (χ3n) is 3.32. The summed E-state index contributed by atoms with van der Waals surface area (Å²) in [6.07, 6.45) is 3.35. The van der Waals surface area contributed by atoms with E-state index in [9.17, 15) is 9.18 Å². The van der Waals surface area contributed by atoms with Gasteiger partial charge < -0.3 is 5.32 Å². The summed E-state index contributed by atoms with van der Waals surface area (Å²) in [5, 5.41) is 6.95. The maximum absolute atomic E-state index is 13.2. The van der Waals surface area contributed by atoms with Crippen molar-refractivity contribution >= 4 is 5.91 Å². The van der Waals surface area contributed by atoms with Gasteiger partial charge in [-0.15, -0.1) is 0 Å². The number of rotatable bonds is 4. The molecule has 0 atom stereocenters. The van der Waals surface area contributed by atoms with Crippen LogP contribution in [0.15, 0.2) is 54.9 Å². The van der Waals surface area contributed by atoms with Gasteiger partial charge in [0.15, 0.2) is 5.69 Å². The van der Waals surface area contributed by atoms with E-state index in [1.165, 1.54) is 16.8 Å². The molecule has 0 unspecified atom stereocenters. The largest absolute Gasteiger partial charge is 0.347 e. The summed E-state index contributed by atoms with van der Waals surface area (Å²) in [6, 6.07) is 11.4. The van der Waals surface area contributed by atoms with Crippen molar-refractivity contribution in [3.63, 3.8) is 0 Å². The van der Waals surface area contributed by atoms with Crippen molar-refractivity contribution in [2.45, 2.75) is 13.5 Å². The van der Waals surface area contributed by atoms with Crippen molar-refractivity contribution in [2.75, 3.05) is 0 Å². The van der Waals surface area contributed by atoms with Crippen molar-refractivity contribution in [3.8, 4) is 5.69 Å². The first-order valence-corrected chi connectivity index (χ1v) is 7.13. The van der Waals surface area contributed by atoms with Crippen LogP contribution in [0.5, 0.6) is 0 Å². The van der Waals surface area contributed by atoms with Crippen LogP contribution in [0, 0.1) is 12.7 Å². The second-order valence-electron chi connectivity index (χ2n) is 5.12. The zero-order chi connectivity index (χ0) is 16.2. The Labute approximate surface area is 132 Å². The molecule has 23 heavy (non-hydrogen) atoms. The highest BCUT2D eigenvalue weighted by Crippen LogP contribution is 2.09. The first-order chi connectivity index (χ1) is 11.1. The molecule has 2 heterocycles. The van der Waals surface area contributed by atoms with Crippen molar-refractivity contribution in [1.29, 1.82) is 0 Å². The quantitative estimate of drug-likeness (QED) is 0.806. The van der Waals surface area contributed by atoms with Gasteiger partial charge in [-0.1, -0.05) is 12.1 Å². The maximum atomic E-state index is 13.2. The fourth-order valence-corrected chi connectivity index (χ4v) is 2.08. The summed E-state index contributed by atoms with van der Waals surface area (Å²) in [6.45, 7) is 2.28. The van der Waals surface area contributed by atoms with Gasteiger partial charge in [0.1, 0.15) is 5.82 Å². The molecule has 0 saturated heterocycles.